The number of methoxy groups -OCH3 is 1. The minimum atomic E-state index is -0.469. The molecule has 0 bridgehead atoms. The van der Waals surface area contributed by atoms with E-state index in [1.807, 2.05) is 51.1 Å². The second kappa shape index (κ2) is 5.95. The van der Waals surface area contributed by atoms with Crippen molar-refractivity contribution in [3.05, 3.63) is 71.3 Å². The van der Waals surface area contributed by atoms with Gasteiger partial charge in [0.2, 0.25) is 0 Å². The van der Waals surface area contributed by atoms with Crippen LogP contribution in [0.3, 0.4) is 0 Å². The lowest BCUT2D eigenvalue weighted by molar-refractivity contribution is -0.113. The van der Waals surface area contributed by atoms with Gasteiger partial charge in [0.1, 0.15) is 5.75 Å². The molecule has 0 saturated carbocycles. The predicted molar refractivity (Wildman–Crippen MR) is 107 cm³/mol. The molecule has 2 aliphatic rings. The Morgan fingerprint density at radius 3 is 2.44 bits per heavy atom. The standard InChI is InChI=1S/C23H21NO3/c1-14-13-23(2,3)24-21-17(14)10-16(27-4)11-18(21)19(22(24)26)12-20(25)15-8-6-5-7-9-15/h5-13H,1-4H3. The first-order valence-electron chi connectivity index (χ1n) is 8.91. The number of hydrogen-bond acceptors (Lipinski definition) is 3. The molecule has 4 nitrogen and oxygen atoms in total. The molecule has 4 heteroatoms. The van der Waals surface area contributed by atoms with Crippen molar-refractivity contribution in [1.82, 2.24) is 0 Å². The van der Waals surface area contributed by atoms with Crippen LogP contribution in [0.25, 0.3) is 11.1 Å². The van der Waals surface area contributed by atoms with E-state index in [-0.39, 0.29) is 11.7 Å². The molecule has 0 N–H and O–H groups in total. The number of ether oxygens (including phenoxy) is 1. The minimum absolute atomic E-state index is 0.155. The zero-order valence-corrected chi connectivity index (χ0v) is 15.9. The van der Waals surface area contributed by atoms with Crippen molar-refractivity contribution in [3.63, 3.8) is 0 Å². The van der Waals surface area contributed by atoms with Crippen molar-refractivity contribution < 1.29 is 14.3 Å². The number of hydrogen-bond donors (Lipinski definition) is 0. The Bertz CT molecular complexity index is 1030. The van der Waals surface area contributed by atoms with E-state index in [2.05, 4.69) is 6.08 Å². The molecule has 2 aromatic rings. The molecular formula is C23H21NO3. The number of rotatable bonds is 3. The molecule has 0 unspecified atom stereocenters. The van der Waals surface area contributed by atoms with Gasteiger partial charge in [-0.2, -0.15) is 0 Å². The normalized spacial score (nSPS) is 18.4. The number of carbonyl (C=O) groups excluding carboxylic acids is 2. The molecule has 2 aliphatic heterocycles. The van der Waals surface area contributed by atoms with Crippen LogP contribution in [-0.2, 0) is 4.79 Å². The highest BCUT2D eigenvalue weighted by atomic mass is 16.5. The molecule has 0 atom stereocenters. The number of nitrogens with zero attached hydrogens (tertiary/aromatic N) is 1. The molecule has 0 aromatic heterocycles. The molecule has 0 radical (unpaired) electrons. The van der Waals surface area contributed by atoms with Crippen molar-refractivity contribution in [2.24, 2.45) is 0 Å². The van der Waals surface area contributed by atoms with Gasteiger partial charge in [0.05, 0.1) is 23.9 Å². The molecule has 2 heterocycles. The van der Waals surface area contributed by atoms with E-state index in [4.69, 9.17) is 4.74 Å². The van der Waals surface area contributed by atoms with E-state index in [0.29, 0.717) is 16.9 Å². The highest BCUT2D eigenvalue weighted by molar-refractivity contribution is 6.37. The van der Waals surface area contributed by atoms with Crippen LogP contribution in [-0.4, -0.2) is 24.3 Å². The topological polar surface area (TPSA) is 46.6 Å². The SMILES string of the molecule is COc1cc2c3c(c1)C(=CC(=O)c1ccccc1)C(=O)N3C(C)(C)C=C2C. The molecule has 4 rings (SSSR count). The largest absolute Gasteiger partial charge is 0.497 e. The molecule has 136 valence electrons. The van der Waals surface area contributed by atoms with E-state index >= 15 is 0 Å². The zero-order chi connectivity index (χ0) is 19.3. The first-order chi connectivity index (χ1) is 12.8. The van der Waals surface area contributed by atoms with Crippen molar-refractivity contribution in [2.45, 2.75) is 26.3 Å². The van der Waals surface area contributed by atoms with E-state index < -0.39 is 5.54 Å². The van der Waals surface area contributed by atoms with Crippen molar-refractivity contribution >= 4 is 28.5 Å². The molecule has 27 heavy (non-hydrogen) atoms. The average molecular weight is 359 g/mol. The Morgan fingerprint density at radius 2 is 1.78 bits per heavy atom. The van der Waals surface area contributed by atoms with Crippen LogP contribution in [0.1, 0.15) is 42.3 Å². The quantitative estimate of drug-likeness (QED) is 0.599. The van der Waals surface area contributed by atoms with E-state index in [0.717, 1.165) is 22.4 Å². The smallest absolute Gasteiger partial charge is 0.259 e. The average Bonchev–Trinajstić information content (AvgIpc) is 2.93. The van der Waals surface area contributed by atoms with Gasteiger partial charge >= 0.3 is 0 Å². The lowest BCUT2D eigenvalue weighted by Crippen LogP contribution is -2.46. The van der Waals surface area contributed by atoms with Gasteiger partial charge in [-0.15, -0.1) is 0 Å². The first-order valence-corrected chi connectivity index (χ1v) is 8.91. The van der Waals surface area contributed by atoms with Crippen LogP contribution >= 0.6 is 0 Å². The Labute approximate surface area is 158 Å². The Hall–Kier alpha value is -3.14. The summed E-state index contributed by atoms with van der Waals surface area (Å²) in [6.45, 7) is 6.05. The van der Waals surface area contributed by atoms with Crippen molar-refractivity contribution in [1.29, 1.82) is 0 Å². The third-order valence-corrected chi connectivity index (χ3v) is 5.17. The molecular weight excluding hydrogens is 338 g/mol. The minimum Gasteiger partial charge on any atom is -0.497 e. The maximum absolute atomic E-state index is 13.3. The van der Waals surface area contributed by atoms with Gasteiger partial charge in [-0.25, -0.2) is 0 Å². The van der Waals surface area contributed by atoms with Gasteiger partial charge in [0.15, 0.2) is 5.78 Å². The Kier molecular flexibility index (Phi) is 3.81. The van der Waals surface area contributed by atoms with Crippen LogP contribution in [0.15, 0.2) is 54.6 Å². The lowest BCUT2D eigenvalue weighted by Gasteiger charge is -2.38. The third kappa shape index (κ3) is 2.60. The Morgan fingerprint density at radius 1 is 1.11 bits per heavy atom. The van der Waals surface area contributed by atoms with Crippen molar-refractivity contribution in [3.8, 4) is 5.75 Å². The maximum atomic E-state index is 13.3. The van der Waals surface area contributed by atoms with Gasteiger partial charge in [-0.1, -0.05) is 36.4 Å². The number of amides is 1. The van der Waals surface area contributed by atoms with Gasteiger partial charge in [-0.3, -0.25) is 14.5 Å². The molecule has 0 saturated heterocycles. The van der Waals surface area contributed by atoms with Crippen LogP contribution in [0.4, 0.5) is 5.69 Å². The third-order valence-electron chi connectivity index (χ3n) is 5.17. The summed E-state index contributed by atoms with van der Waals surface area (Å²) in [5, 5.41) is 0. The fourth-order valence-electron chi connectivity index (χ4n) is 3.99. The zero-order valence-electron chi connectivity index (χ0n) is 15.9. The van der Waals surface area contributed by atoms with E-state index in [9.17, 15) is 9.59 Å². The highest BCUT2D eigenvalue weighted by Crippen LogP contribution is 2.50. The molecule has 2 aromatic carbocycles. The van der Waals surface area contributed by atoms with Gasteiger partial charge in [0, 0.05) is 16.7 Å². The van der Waals surface area contributed by atoms with Gasteiger partial charge in [0.25, 0.3) is 5.91 Å². The number of benzene rings is 2. The second-order valence-electron chi connectivity index (χ2n) is 7.48. The summed E-state index contributed by atoms with van der Waals surface area (Å²) in [5.74, 6) is 0.333. The highest BCUT2D eigenvalue weighted by Gasteiger charge is 2.44. The van der Waals surface area contributed by atoms with Crippen LogP contribution in [0, 0.1) is 0 Å². The molecule has 0 spiro atoms. The lowest BCUT2D eigenvalue weighted by atomic mass is 9.89. The predicted octanol–water partition coefficient (Wildman–Crippen LogP) is 4.50. The summed E-state index contributed by atoms with van der Waals surface area (Å²) in [7, 11) is 1.60. The first kappa shape index (κ1) is 17.3. The van der Waals surface area contributed by atoms with Crippen LogP contribution in [0.2, 0.25) is 0 Å². The summed E-state index contributed by atoms with van der Waals surface area (Å²) >= 11 is 0. The summed E-state index contributed by atoms with van der Waals surface area (Å²) in [5.41, 5.74) is 4.17. The van der Waals surface area contributed by atoms with Crippen LogP contribution in [0.5, 0.6) is 5.75 Å². The number of ketones is 1. The second-order valence-corrected chi connectivity index (χ2v) is 7.48. The van der Waals surface area contributed by atoms with Gasteiger partial charge in [-0.05, 0) is 44.6 Å². The maximum Gasteiger partial charge on any atom is 0.259 e. The fourth-order valence-corrected chi connectivity index (χ4v) is 3.99. The fraction of sp³-hybridized carbons (Fsp3) is 0.217. The number of carbonyl (C=O) groups is 2. The van der Waals surface area contributed by atoms with Crippen LogP contribution < -0.4 is 9.64 Å². The number of anilines is 1. The van der Waals surface area contributed by atoms with E-state index in [1.165, 1.54) is 6.08 Å². The molecule has 1 amide bonds. The van der Waals surface area contributed by atoms with Gasteiger partial charge < -0.3 is 4.74 Å². The Balaban J connectivity index is 1.93. The van der Waals surface area contributed by atoms with E-state index in [1.54, 1.807) is 24.1 Å². The van der Waals surface area contributed by atoms with Crippen molar-refractivity contribution in [2.75, 3.05) is 12.0 Å². The summed E-state index contributed by atoms with van der Waals surface area (Å²) in [4.78, 5) is 27.8. The monoisotopic (exact) mass is 359 g/mol. The molecule has 0 aliphatic carbocycles. The summed E-state index contributed by atoms with van der Waals surface area (Å²) in [6.07, 6.45) is 3.54. The summed E-state index contributed by atoms with van der Waals surface area (Å²) in [6, 6.07) is 12.8. The number of allylic oxidation sites excluding steroid dienone is 2. The molecule has 0 fully saturated rings. The summed E-state index contributed by atoms with van der Waals surface area (Å²) < 4.78 is 5.45.